The van der Waals surface area contributed by atoms with Crippen molar-refractivity contribution >= 4 is 18.0 Å². The van der Waals surface area contributed by atoms with E-state index in [2.05, 4.69) is 36.4 Å². The van der Waals surface area contributed by atoms with Gasteiger partial charge in [0.1, 0.15) is 0 Å². The van der Waals surface area contributed by atoms with Crippen molar-refractivity contribution in [2.45, 2.75) is 26.4 Å². The number of benzene rings is 4. The second-order valence-electron chi connectivity index (χ2n) is 9.02. The van der Waals surface area contributed by atoms with Crippen LogP contribution in [0.15, 0.2) is 72.8 Å². The predicted octanol–water partition coefficient (Wildman–Crippen LogP) is 5.94. The second-order valence-corrected chi connectivity index (χ2v) is 11.4. The van der Waals surface area contributed by atoms with Crippen molar-refractivity contribution in [1.29, 1.82) is 0 Å². The summed E-state index contributed by atoms with van der Waals surface area (Å²) in [5.41, 5.74) is 10.6. The zero-order valence-corrected chi connectivity index (χ0v) is 19.7. The topological polar surface area (TPSA) is 44.8 Å². The van der Waals surface area contributed by atoms with Crippen molar-refractivity contribution in [3.63, 3.8) is 0 Å². The van der Waals surface area contributed by atoms with Crippen LogP contribution in [0.25, 0.3) is 33.4 Å². The molecule has 3 aliphatic heterocycles. The number of fused-ring (bicyclic) bond motifs is 7. The smallest absolute Gasteiger partial charge is 0.263 e. The first kappa shape index (κ1) is 20.4. The fourth-order valence-electron chi connectivity index (χ4n) is 5.77. The molecule has 4 nitrogen and oxygen atoms in total. The molecule has 0 saturated carbocycles. The van der Waals surface area contributed by atoms with E-state index in [1.54, 1.807) is 7.11 Å². The fraction of sp³-hybridized carbons (Fsp3) is 0.172. The summed E-state index contributed by atoms with van der Waals surface area (Å²) in [6.45, 7) is 2.15. The molecule has 0 N–H and O–H groups in total. The summed E-state index contributed by atoms with van der Waals surface area (Å²) in [7, 11) is -1.83. The SMILES string of the molecule is COP1(=O)c2c(-c3ccccc3)cc3c(c2-c2c4c(cc(-c5ccccc5)c21)COC4)COC3. The van der Waals surface area contributed by atoms with Crippen molar-refractivity contribution in [1.82, 2.24) is 0 Å². The van der Waals surface area contributed by atoms with Crippen LogP contribution >= 0.6 is 7.37 Å². The van der Waals surface area contributed by atoms with Gasteiger partial charge in [-0.3, -0.25) is 4.57 Å². The molecule has 0 amide bonds. The van der Waals surface area contributed by atoms with Gasteiger partial charge < -0.3 is 14.0 Å². The Balaban J connectivity index is 1.66. The molecule has 0 atom stereocenters. The zero-order chi connectivity index (χ0) is 22.9. The maximum absolute atomic E-state index is 15.1. The zero-order valence-electron chi connectivity index (χ0n) is 18.8. The lowest BCUT2D eigenvalue weighted by Crippen LogP contribution is -2.17. The molecule has 0 aromatic heterocycles. The summed E-state index contributed by atoms with van der Waals surface area (Å²) >= 11 is 0. The van der Waals surface area contributed by atoms with Crippen LogP contribution in [0.2, 0.25) is 0 Å². The third-order valence-electron chi connectivity index (χ3n) is 7.27. The minimum Gasteiger partial charge on any atom is -0.372 e. The molecule has 34 heavy (non-hydrogen) atoms. The standard InChI is InChI=1S/C29H23O4P/c1-31-34(30)28-22(18-8-4-2-5-9-18)12-20-14-32-16-24(20)26(28)27-25-17-33-15-21(25)13-23(29(27)34)19-10-6-3-7-11-19/h2-13H,14-17H2,1H3. The average molecular weight is 466 g/mol. The average Bonchev–Trinajstić information content (AvgIpc) is 3.61. The first-order valence-corrected chi connectivity index (χ1v) is 13.1. The quantitative estimate of drug-likeness (QED) is 0.351. The lowest BCUT2D eigenvalue weighted by atomic mass is 9.87. The van der Waals surface area contributed by atoms with E-state index < -0.39 is 7.37 Å². The molecule has 5 heteroatoms. The van der Waals surface area contributed by atoms with Gasteiger partial charge in [-0.15, -0.1) is 0 Å². The molecule has 3 aliphatic rings. The van der Waals surface area contributed by atoms with Gasteiger partial charge in [0.25, 0.3) is 7.37 Å². The van der Waals surface area contributed by atoms with Crippen molar-refractivity contribution < 1.29 is 18.6 Å². The van der Waals surface area contributed by atoms with Gasteiger partial charge in [-0.2, -0.15) is 0 Å². The minimum absolute atomic E-state index is 0.515. The Hall–Kier alpha value is -3.01. The highest BCUT2D eigenvalue weighted by molar-refractivity contribution is 7.76. The van der Waals surface area contributed by atoms with Gasteiger partial charge in [0.05, 0.1) is 37.0 Å². The Labute approximate surface area is 198 Å². The molecule has 0 unspecified atom stereocenters. The van der Waals surface area contributed by atoms with E-state index in [4.69, 9.17) is 14.0 Å². The van der Waals surface area contributed by atoms with E-state index in [0.717, 1.165) is 66.2 Å². The highest BCUT2D eigenvalue weighted by Crippen LogP contribution is 2.60. The number of ether oxygens (including phenoxy) is 2. The largest absolute Gasteiger partial charge is 0.372 e. The van der Waals surface area contributed by atoms with Crippen molar-refractivity contribution in [2.24, 2.45) is 0 Å². The maximum Gasteiger partial charge on any atom is 0.263 e. The highest BCUT2D eigenvalue weighted by atomic mass is 31.2. The van der Waals surface area contributed by atoms with Crippen LogP contribution in [-0.2, 0) is 45.0 Å². The summed E-state index contributed by atoms with van der Waals surface area (Å²) in [4.78, 5) is 0. The van der Waals surface area contributed by atoms with Crippen LogP contribution in [0.4, 0.5) is 0 Å². The first-order valence-electron chi connectivity index (χ1n) is 11.5. The first-order chi connectivity index (χ1) is 16.7. The van der Waals surface area contributed by atoms with E-state index in [1.165, 1.54) is 0 Å². The molecule has 0 fully saturated rings. The minimum atomic E-state index is -3.41. The van der Waals surface area contributed by atoms with Gasteiger partial charge >= 0.3 is 0 Å². The molecule has 4 aromatic carbocycles. The van der Waals surface area contributed by atoms with Crippen molar-refractivity contribution in [2.75, 3.05) is 7.11 Å². The second kappa shape index (κ2) is 7.49. The number of rotatable bonds is 3. The third-order valence-corrected chi connectivity index (χ3v) is 9.89. The van der Waals surface area contributed by atoms with E-state index in [-0.39, 0.29) is 0 Å². The van der Waals surface area contributed by atoms with Crippen LogP contribution in [0.3, 0.4) is 0 Å². The van der Waals surface area contributed by atoms with Crippen LogP contribution in [0, 0.1) is 0 Å². The van der Waals surface area contributed by atoms with E-state index >= 15 is 4.57 Å². The molecule has 3 heterocycles. The van der Waals surface area contributed by atoms with Crippen LogP contribution < -0.4 is 10.6 Å². The predicted molar refractivity (Wildman–Crippen MR) is 134 cm³/mol. The molecule has 0 saturated heterocycles. The van der Waals surface area contributed by atoms with Gasteiger partial charge in [0, 0.05) is 18.2 Å². The van der Waals surface area contributed by atoms with E-state index in [0.29, 0.717) is 26.4 Å². The fourth-order valence-corrected chi connectivity index (χ4v) is 8.46. The molecule has 4 aromatic rings. The molecule has 168 valence electrons. The monoisotopic (exact) mass is 466 g/mol. The molecule has 0 radical (unpaired) electrons. The normalized spacial score (nSPS) is 16.7. The highest BCUT2D eigenvalue weighted by Gasteiger charge is 2.48. The Morgan fingerprint density at radius 2 is 1.12 bits per heavy atom. The van der Waals surface area contributed by atoms with E-state index in [1.807, 2.05) is 36.4 Å². The Kier molecular flexibility index (Phi) is 4.49. The van der Waals surface area contributed by atoms with Gasteiger partial charge in [-0.05, 0) is 56.6 Å². The van der Waals surface area contributed by atoms with Crippen LogP contribution in [0.5, 0.6) is 0 Å². The molecule has 0 spiro atoms. The summed E-state index contributed by atoms with van der Waals surface area (Å²) in [5.74, 6) is 0. The van der Waals surface area contributed by atoms with E-state index in [9.17, 15) is 0 Å². The Bertz CT molecular complexity index is 1400. The lowest BCUT2D eigenvalue weighted by Gasteiger charge is -2.20. The van der Waals surface area contributed by atoms with Crippen LogP contribution in [0.1, 0.15) is 22.3 Å². The Morgan fingerprint density at radius 1 is 0.676 bits per heavy atom. The molecule has 0 bridgehead atoms. The van der Waals surface area contributed by atoms with Gasteiger partial charge in [-0.1, -0.05) is 60.7 Å². The van der Waals surface area contributed by atoms with Crippen molar-refractivity contribution in [3.05, 3.63) is 95.1 Å². The number of hydrogen-bond donors (Lipinski definition) is 0. The van der Waals surface area contributed by atoms with Crippen LogP contribution in [-0.4, -0.2) is 7.11 Å². The summed E-state index contributed by atoms with van der Waals surface area (Å²) in [6.07, 6.45) is 0. The van der Waals surface area contributed by atoms with Gasteiger partial charge in [0.2, 0.25) is 0 Å². The summed E-state index contributed by atoms with van der Waals surface area (Å²) < 4.78 is 33.0. The van der Waals surface area contributed by atoms with Gasteiger partial charge in [0.15, 0.2) is 0 Å². The molecule has 7 rings (SSSR count). The Morgan fingerprint density at radius 3 is 1.53 bits per heavy atom. The molecular formula is C29H23O4P. The van der Waals surface area contributed by atoms with Gasteiger partial charge in [-0.25, -0.2) is 0 Å². The summed E-state index contributed by atoms with van der Waals surface area (Å²) in [6, 6.07) is 24.7. The molecule has 0 aliphatic carbocycles. The summed E-state index contributed by atoms with van der Waals surface area (Å²) in [5, 5.41) is 1.61. The maximum atomic E-state index is 15.1. The third kappa shape index (κ3) is 2.68. The molecular weight excluding hydrogens is 443 g/mol. The van der Waals surface area contributed by atoms with Crippen molar-refractivity contribution in [3.8, 4) is 33.4 Å². The number of hydrogen-bond acceptors (Lipinski definition) is 4. The lowest BCUT2D eigenvalue weighted by molar-refractivity contribution is 0.134.